The minimum Gasteiger partial charge on any atom is -0.481 e. The smallest absolute Gasteiger partial charge is 0.303 e. The molecule has 0 heterocycles. The number of carbonyl (C=O) groups is 2. The maximum Gasteiger partial charge on any atom is 0.303 e. The van der Waals surface area contributed by atoms with Crippen LogP contribution in [0, 0.1) is 11.8 Å². The van der Waals surface area contributed by atoms with Crippen molar-refractivity contribution < 1.29 is 24.9 Å². The molecule has 5 nitrogen and oxygen atoms in total. The molecule has 1 aliphatic rings. The predicted octanol–water partition coefficient (Wildman–Crippen LogP) is 4.03. The van der Waals surface area contributed by atoms with Gasteiger partial charge in [0.2, 0.25) is 0 Å². The van der Waals surface area contributed by atoms with Gasteiger partial charge in [-0.2, -0.15) is 0 Å². The van der Waals surface area contributed by atoms with E-state index < -0.39 is 18.2 Å². The van der Waals surface area contributed by atoms with Gasteiger partial charge in [-0.1, -0.05) is 63.3 Å². The van der Waals surface area contributed by atoms with Crippen LogP contribution in [0.1, 0.15) is 77.6 Å². The van der Waals surface area contributed by atoms with Crippen LogP contribution in [-0.2, 0) is 9.59 Å². The van der Waals surface area contributed by atoms with Crippen LogP contribution < -0.4 is 0 Å². The lowest BCUT2D eigenvalue weighted by Gasteiger charge is -2.16. The molecule has 4 atom stereocenters. The van der Waals surface area contributed by atoms with Crippen molar-refractivity contribution in [1.82, 2.24) is 0 Å². The number of aliphatic hydroxyl groups is 2. The summed E-state index contributed by atoms with van der Waals surface area (Å²) < 4.78 is 0. The molecular formula is C22H36O5. The Kier molecular flexibility index (Phi) is 11.9. The Labute approximate surface area is 163 Å². The summed E-state index contributed by atoms with van der Waals surface area (Å²) >= 11 is 0. The number of unbranched alkanes of at least 4 members (excludes halogenated alkanes) is 5. The fourth-order valence-corrected chi connectivity index (χ4v) is 3.57. The van der Waals surface area contributed by atoms with E-state index in [1.807, 2.05) is 18.2 Å². The molecule has 27 heavy (non-hydrogen) atoms. The van der Waals surface area contributed by atoms with Gasteiger partial charge in [-0.15, -0.1) is 0 Å². The van der Waals surface area contributed by atoms with Crippen LogP contribution in [0.3, 0.4) is 0 Å². The van der Waals surface area contributed by atoms with Crippen molar-refractivity contribution in [3.8, 4) is 0 Å². The number of carboxylic acids is 1. The fraction of sp³-hybridized carbons (Fsp3) is 0.727. The van der Waals surface area contributed by atoms with Gasteiger partial charge in [0.1, 0.15) is 5.78 Å². The maximum atomic E-state index is 12.2. The molecule has 1 fully saturated rings. The first-order valence-corrected chi connectivity index (χ1v) is 10.4. The zero-order chi connectivity index (χ0) is 20.1. The molecule has 0 amide bonds. The number of carbonyl (C=O) groups excluding carboxylic acids is 1. The standard InChI is InChI=1S/C22H36O5/c1-2-3-4-5-8-11-17(23)14-15-19-18(20(24)16-21(19)25)12-9-6-7-10-13-22(26)27/h6,9,14-15,17-19,21,23,25H,2-5,7-8,10-13,16H2,1H3,(H,26,27)/b9-6-,15-14+/t17-,18+,19?,21+/m0/s1. The summed E-state index contributed by atoms with van der Waals surface area (Å²) in [7, 11) is 0. The van der Waals surface area contributed by atoms with Crippen LogP contribution >= 0.6 is 0 Å². The van der Waals surface area contributed by atoms with Crippen molar-refractivity contribution in [3.05, 3.63) is 24.3 Å². The maximum absolute atomic E-state index is 12.2. The van der Waals surface area contributed by atoms with Gasteiger partial charge in [0, 0.05) is 24.7 Å². The van der Waals surface area contributed by atoms with Gasteiger partial charge < -0.3 is 15.3 Å². The third-order valence-electron chi connectivity index (χ3n) is 5.21. The molecule has 0 aromatic carbocycles. The molecule has 0 radical (unpaired) electrons. The Morgan fingerprint density at radius 2 is 1.93 bits per heavy atom. The summed E-state index contributed by atoms with van der Waals surface area (Å²) in [5.74, 6) is -1.26. The first-order chi connectivity index (χ1) is 13.0. The summed E-state index contributed by atoms with van der Waals surface area (Å²) in [5, 5.41) is 28.9. The molecule has 0 aromatic heterocycles. The van der Waals surface area contributed by atoms with E-state index in [1.54, 1.807) is 6.08 Å². The minimum absolute atomic E-state index is 0.0568. The van der Waals surface area contributed by atoms with Crippen molar-refractivity contribution in [2.45, 2.75) is 89.8 Å². The minimum atomic E-state index is -0.799. The summed E-state index contributed by atoms with van der Waals surface area (Å²) in [4.78, 5) is 22.6. The molecular weight excluding hydrogens is 344 g/mol. The summed E-state index contributed by atoms with van der Waals surface area (Å²) in [6.07, 6.45) is 14.7. The van der Waals surface area contributed by atoms with Crippen molar-refractivity contribution in [2.24, 2.45) is 11.8 Å². The molecule has 1 aliphatic carbocycles. The van der Waals surface area contributed by atoms with E-state index in [2.05, 4.69) is 6.92 Å². The van der Waals surface area contributed by atoms with Crippen molar-refractivity contribution in [3.63, 3.8) is 0 Å². The van der Waals surface area contributed by atoms with Crippen molar-refractivity contribution in [2.75, 3.05) is 0 Å². The molecule has 0 spiro atoms. The number of ketones is 1. The molecule has 5 heteroatoms. The van der Waals surface area contributed by atoms with Gasteiger partial charge in [0.25, 0.3) is 0 Å². The molecule has 1 unspecified atom stereocenters. The average Bonchev–Trinajstić information content (AvgIpc) is 2.88. The number of aliphatic hydroxyl groups excluding tert-OH is 2. The number of hydrogen-bond acceptors (Lipinski definition) is 4. The van der Waals surface area contributed by atoms with E-state index >= 15 is 0 Å². The Morgan fingerprint density at radius 1 is 1.19 bits per heavy atom. The van der Waals surface area contributed by atoms with Gasteiger partial charge >= 0.3 is 5.97 Å². The zero-order valence-corrected chi connectivity index (χ0v) is 16.6. The van der Waals surface area contributed by atoms with Crippen LogP contribution in [0.4, 0.5) is 0 Å². The predicted molar refractivity (Wildman–Crippen MR) is 106 cm³/mol. The lowest BCUT2D eigenvalue weighted by Crippen LogP contribution is -2.18. The first-order valence-electron chi connectivity index (χ1n) is 10.4. The SMILES string of the molecule is CCCCCCC[C@H](O)/C=C/C1[C@H](O)CC(=O)[C@@H]1C/C=C\CCCC(=O)O. The van der Waals surface area contributed by atoms with Crippen molar-refractivity contribution >= 4 is 11.8 Å². The molecule has 0 aromatic rings. The van der Waals surface area contributed by atoms with E-state index in [-0.39, 0.29) is 30.5 Å². The van der Waals surface area contributed by atoms with Gasteiger partial charge in [0.05, 0.1) is 12.2 Å². The Balaban J connectivity index is 2.42. The fourth-order valence-electron chi connectivity index (χ4n) is 3.57. The molecule has 0 saturated heterocycles. The second-order valence-electron chi connectivity index (χ2n) is 7.57. The highest BCUT2D eigenvalue weighted by Gasteiger charge is 2.39. The molecule has 1 saturated carbocycles. The number of carboxylic acid groups (broad SMARTS) is 1. The number of Topliss-reactive ketones (excluding diaryl/α,β-unsaturated/α-hetero) is 1. The quantitative estimate of drug-likeness (QED) is 0.312. The highest BCUT2D eigenvalue weighted by atomic mass is 16.4. The Bertz CT molecular complexity index is 497. The molecule has 0 aliphatic heterocycles. The monoisotopic (exact) mass is 380 g/mol. The normalized spacial score (nSPS) is 24.3. The van der Waals surface area contributed by atoms with Gasteiger partial charge in [-0.3, -0.25) is 9.59 Å². The lowest BCUT2D eigenvalue weighted by molar-refractivity contribution is -0.137. The number of aliphatic carboxylic acids is 1. The molecule has 0 bridgehead atoms. The van der Waals surface area contributed by atoms with E-state index in [4.69, 9.17) is 5.11 Å². The number of allylic oxidation sites excluding steroid dienone is 2. The summed E-state index contributed by atoms with van der Waals surface area (Å²) in [6, 6.07) is 0. The van der Waals surface area contributed by atoms with E-state index in [9.17, 15) is 19.8 Å². The number of hydrogen-bond donors (Lipinski definition) is 3. The van der Waals surface area contributed by atoms with E-state index in [0.29, 0.717) is 25.7 Å². The molecule has 154 valence electrons. The largest absolute Gasteiger partial charge is 0.481 e. The van der Waals surface area contributed by atoms with Gasteiger partial charge in [-0.25, -0.2) is 0 Å². The summed E-state index contributed by atoms with van der Waals surface area (Å²) in [6.45, 7) is 2.17. The second kappa shape index (κ2) is 13.7. The topological polar surface area (TPSA) is 94.8 Å². The van der Waals surface area contributed by atoms with Crippen LogP contribution in [0.25, 0.3) is 0 Å². The second-order valence-corrected chi connectivity index (χ2v) is 7.57. The molecule has 3 N–H and O–H groups in total. The van der Waals surface area contributed by atoms with E-state index in [0.717, 1.165) is 12.8 Å². The van der Waals surface area contributed by atoms with Gasteiger partial charge in [-0.05, 0) is 25.7 Å². The van der Waals surface area contributed by atoms with Gasteiger partial charge in [0.15, 0.2) is 0 Å². The van der Waals surface area contributed by atoms with E-state index in [1.165, 1.54) is 19.3 Å². The third kappa shape index (κ3) is 9.87. The lowest BCUT2D eigenvalue weighted by atomic mass is 9.90. The number of rotatable bonds is 14. The third-order valence-corrected chi connectivity index (χ3v) is 5.21. The van der Waals surface area contributed by atoms with Crippen LogP contribution in [-0.4, -0.2) is 39.3 Å². The highest BCUT2D eigenvalue weighted by Crippen LogP contribution is 2.33. The van der Waals surface area contributed by atoms with Crippen LogP contribution in [0.2, 0.25) is 0 Å². The average molecular weight is 381 g/mol. The first kappa shape index (κ1) is 23.6. The summed E-state index contributed by atoms with van der Waals surface area (Å²) in [5.41, 5.74) is 0. The Hall–Kier alpha value is -1.46. The molecule has 1 rings (SSSR count). The highest BCUT2D eigenvalue weighted by molar-refractivity contribution is 5.84. The zero-order valence-electron chi connectivity index (χ0n) is 16.6. The van der Waals surface area contributed by atoms with Crippen LogP contribution in [0.15, 0.2) is 24.3 Å². The van der Waals surface area contributed by atoms with Crippen LogP contribution in [0.5, 0.6) is 0 Å². The van der Waals surface area contributed by atoms with Crippen molar-refractivity contribution in [1.29, 1.82) is 0 Å². The Morgan fingerprint density at radius 3 is 2.63 bits per heavy atom.